The van der Waals surface area contributed by atoms with Crippen LogP contribution in [0.3, 0.4) is 0 Å². The molecule has 1 fully saturated rings. The minimum Gasteiger partial charge on any atom is -0.507 e. The third-order valence-electron chi connectivity index (χ3n) is 3.82. The molecule has 1 amide bonds. The molecule has 5 heteroatoms. The van der Waals surface area contributed by atoms with Crippen molar-refractivity contribution in [3.63, 3.8) is 0 Å². The largest absolute Gasteiger partial charge is 0.507 e. The van der Waals surface area contributed by atoms with E-state index in [4.69, 9.17) is 0 Å². The van der Waals surface area contributed by atoms with Crippen molar-refractivity contribution in [3.05, 3.63) is 23.8 Å². The van der Waals surface area contributed by atoms with Crippen molar-refractivity contribution >= 4 is 5.91 Å². The summed E-state index contributed by atoms with van der Waals surface area (Å²) in [6, 6.07) is 4.54. The van der Waals surface area contributed by atoms with Crippen molar-refractivity contribution in [2.45, 2.75) is 32.2 Å². The van der Waals surface area contributed by atoms with Gasteiger partial charge in [0.25, 0.3) is 5.91 Å². The topological polar surface area (TPSA) is 72.8 Å². The summed E-state index contributed by atoms with van der Waals surface area (Å²) in [5, 5.41) is 22.1. The van der Waals surface area contributed by atoms with Gasteiger partial charge < -0.3 is 15.5 Å². The van der Waals surface area contributed by atoms with Gasteiger partial charge in [0.2, 0.25) is 0 Å². The Hall–Kier alpha value is -1.75. The molecule has 0 radical (unpaired) electrons. The van der Waals surface area contributed by atoms with Crippen LogP contribution >= 0.6 is 0 Å². The van der Waals surface area contributed by atoms with Gasteiger partial charge in [0, 0.05) is 12.6 Å². The van der Waals surface area contributed by atoms with E-state index in [1.54, 1.807) is 0 Å². The van der Waals surface area contributed by atoms with E-state index in [0.29, 0.717) is 6.54 Å². The Morgan fingerprint density at radius 2 is 1.85 bits per heavy atom. The van der Waals surface area contributed by atoms with Crippen molar-refractivity contribution in [3.8, 4) is 11.5 Å². The second kappa shape index (κ2) is 6.61. The quantitative estimate of drug-likeness (QED) is 0.784. The van der Waals surface area contributed by atoms with Crippen LogP contribution < -0.4 is 5.32 Å². The minimum absolute atomic E-state index is 0.0571. The van der Waals surface area contributed by atoms with Crippen LogP contribution in [-0.4, -0.2) is 46.7 Å². The van der Waals surface area contributed by atoms with E-state index < -0.39 is 5.91 Å². The number of phenolic OH excluding ortho intramolecular Hbond substituents is 2. The maximum absolute atomic E-state index is 12.0. The molecule has 5 nitrogen and oxygen atoms in total. The molecule has 1 aliphatic rings. The van der Waals surface area contributed by atoms with Gasteiger partial charge >= 0.3 is 0 Å². The molecule has 0 saturated carbocycles. The number of phenols is 2. The number of piperidine rings is 1. The number of rotatable bonds is 4. The second-order valence-electron chi connectivity index (χ2n) is 5.33. The number of nitrogens with one attached hydrogen (secondary N) is 1. The number of benzene rings is 1. The molecule has 0 bridgehead atoms. The normalized spacial score (nSPS) is 17.6. The van der Waals surface area contributed by atoms with Crippen molar-refractivity contribution in [2.75, 3.05) is 19.6 Å². The van der Waals surface area contributed by atoms with Crippen LogP contribution in [0.4, 0.5) is 0 Å². The average molecular weight is 278 g/mol. The fraction of sp³-hybridized carbons (Fsp3) is 0.533. The molecule has 110 valence electrons. The lowest BCUT2D eigenvalue weighted by molar-refractivity contribution is 0.0924. The fourth-order valence-electron chi connectivity index (χ4n) is 2.58. The number of aromatic hydroxyl groups is 2. The number of amides is 1. The van der Waals surface area contributed by atoms with Crippen LogP contribution in [0, 0.1) is 0 Å². The van der Waals surface area contributed by atoms with E-state index in [1.165, 1.54) is 37.5 Å². The highest BCUT2D eigenvalue weighted by Gasteiger charge is 2.19. The van der Waals surface area contributed by atoms with Gasteiger partial charge in [0.15, 0.2) is 0 Å². The van der Waals surface area contributed by atoms with Gasteiger partial charge in [-0.2, -0.15) is 0 Å². The zero-order valence-electron chi connectivity index (χ0n) is 11.8. The smallest absolute Gasteiger partial charge is 0.258 e. The molecule has 1 saturated heterocycles. The fourth-order valence-corrected chi connectivity index (χ4v) is 2.58. The molecule has 3 N–H and O–H groups in total. The molecule has 1 atom stereocenters. The molecule has 0 aromatic heterocycles. The molecule has 1 aromatic rings. The molecule has 20 heavy (non-hydrogen) atoms. The third-order valence-corrected chi connectivity index (χ3v) is 3.82. The predicted molar refractivity (Wildman–Crippen MR) is 77.0 cm³/mol. The summed E-state index contributed by atoms with van der Waals surface area (Å²) in [5.74, 6) is -0.842. The Balaban J connectivity index is 1.91. The molecule has 0 spiro atoms. The lowest BCUT2D eigenvalue weighted by Gasteiger charge is -2.32. The zero-order chi connectivity index (χ0) is 14.5. The number of hydrogen-bond acceptors (Lipinski definition) is 4. The molecule has 2 rings (SSSR count). The molecule has 0 aliphatic carbocycles. The summed E-state index contributed by atoms with van der Waals surface area (Å²) in [5.41, 5.74) is -0.0571. The van der Waals surface area contributed by atoms with Gasteiger partial charge in [-0.1, -0.05) is 12.5 Å². The van der Waals surface area contributed by atoms with Gasteiger partial charge in [-0.15, -0.1) is 0 Å². The summed E-state index contributed by atoms with van der Waals surface area (Å²) in [6.07, 6.45) is 3.69. The van der Waals surface area contributed by atoms with Crippen LogP contribution in [-0.2, 0) is 0 Å². The zero-order valence-corrected chi connectivity index (χ0v) is 11.8. The van der Waals surface area contributed by atoms with E-state index in [1.807, 2.05) is 0 Å². The number of likely N-dealkylation sites (tertiary alicyclic amines) is 1. The van der Waals surface area contributed by atoms with Crippen LogP contribution in [0.15, 0.2) is 18.2 Å². The SMILES string of the molecule is CC(CNC(=O)c1c(O)cccc1O)N1CCCCC1. The highest BCUT2D eigenvalue weighted by molar-refractivity contribution is 5.99. The second-order valence-corrected chi connectivity index (χ2v) is 5.33. The maximum Gasteiger partial charge on any atom is 0.258 e. The summed E-state index contributed by atoms with van der Waals surface area (Å²) in [6.45, 7) is 4.72. The Kier molecular flexibility index (Phi) is 4.84. The summed E-state index contributed by atoms with van der Waals surface area (Å²) in [7, 11) is 0. The predicted octanol–water partition coefficient (Wildman–Crippen LogP) is 1.70. The van der Waals surface area contributed by atoms with Crippen molar-refractivity contribution in [2.24, 2.45) is 0 Å². The van der Waals surface area contributed by atoms with E-state index in [9.17, 15) is 15.0 Å². The van der Waals surface area contributed by atoms with Crippen molar-refractivity contribution in [1.82, 2.24) is 10.2 Å². The van der Waals surface area contributed by atoms with Crippen LogP contribution in [0.25, 0.3) is 0 Å². The van der Waals surface area contributed by atoms with Gasteiger partial charge in [-0.25, -0.2) is 0 Å². The van der Waals surface area contributed by atoms with Crippen LogP contribution in [0.5, 0.6) is 11.5 Å². The average Bonchev–Trinajstić information content (AvgIpc) is 2.45. The van der Waals surface area contributed by atoms with E-state index in [-0.39, 0.29) is 23.1 Å². The van der Waals surface area contributed by atoms with Crippen LogP contribution in [0.1, 0.15) is 36.5 Å². The van der Waals surface area contributed by atoms with E-state index in [2.05, 4.69) is 17.1 Å². The first-order chi connectivity index (χ1) is 9.59. The van der Waals surface area contributed by atoms with E-state index >= 15 is 0 Å². The lowest BCUT2D eigenvalue weighted by atomic mass is 10.1. The number of hydrogen-bond donors (Lipinski definition) is 3. The molecule has 1 aromatic carbocycles. The van der Waals surface area contributed by atoms with Crippen LogP contribution in [0.2, 0.25) is 0 Å². The standard InChI is InChI=1S/C15H22N2O3/c1-11(17-8-3-2-4-9-17)10-16-15(20)14-12(18)6-5-7-13(14)19/h5-7,11,18-19H,2-4,8-10H2,1H3,(H,16,20). The minimum atomic E-state index is -0.440. The summed E-state index contributed by atoms with van der Waals surface area (Å²) in [4.78, 5) is 14.4. The molecule has 1 aliphatic heterocycles. The Labute approximate surface area is 119 Å². The first-order valence-electron chi connectivity index (χ1n) is 7.13. The molecular weight excluding hydrogens is 256 g/mol. The number of carbonyl (C=O) groups excluding carboxylic acids is 1. The monoisotopic (exact) mass is 278 g/mol. The summed E-state index contributed by atoms with van der Waals surface area (Å²) >= 11 is 0. The molecular formula is C15H22N2O3. The van der Waals surface area contributed by atoms with Crippen molar-refractivity contribution < 1.29 is 15.0 Å². The first kappa shape index (κ1) is 14.7. The summed E-state index contributed by atoms with van der Waals surface area (Å²) < 4.78 is 0. The van der Waals surface area contributed by atoms with Gasteiger partial charge in [-0.05, 0) is 45.0 Å². The Bertz CT molecular complexity index is 450. The van der Waals surface area contributed by atoms with Gasteiger partial charge in [0.1, 0.15) is 17.1 Å². The van der Waals surface area contributed by atoms with Gasteiger partial charge in [0.05, 0.1) is 0 Å². The third kappa shape index (κ3) is 3.42. The first-order valence-corrected chi connectivity index (χ1v) is 7.13. The lowest BCUT2D eigenvalue weighted by Crippen LogP contribution is -2.44. The molecule has 1 unspecified atom stereocenters. The number of carbonyl (C=O) groups is 1. The maximum atomic E-state index is 12.0. The Morgan fingerprint density at radius 3 is 2.45 bits per heavy atom. The van der Waals surface area contributed by atoms with Crippen molar-refractivity contribution in [1.29, 1.82) is 0 Å². The van der Waals surface area contributed by atoms with Gasteiger partial charge in [-0.3, -0.25) is 9.69 Å². The number of nitrogens with zero attached hydrogens (tertiary/aromatic N) is 1. The highest BCUT2D eigenvalue weighted by Crippen LogP contribution is 2.25. The Morgan fingerprint density at radius 1 is 1.25 bits per heavy atom. The highest BCUT2D eigenvalue weighted by atomic mass is 16.3. The van der Waals surface area contributed by atoms with E-state index in [0.717, 1.165) is 13.1 Å². The molecule has 1 heterocycles.